The molecule has 0 fully saturated rings. The molecule has 0 saturated carbocycles. The van der Waals surface area contributed by atoms with Crippen LogP contribution in [0.15, 0.2) is 52.8 Å². The number of hydrogen-bond donors (Lipinski definition) is 1. The molecule has 2 atom stereocenters. The molecule has 1 aromatic heterocycles. The van der Waals surface area contributed by atoms with Crippen LogP contribution < -0.4 is 11.3 Å². The second kappa shape index (κ2) is 10.1. The average molecular weight is 491 g/mol. The van der Waals surface area contributed by atoms with E-state index in [0.717, 1.165) is 12.1 Å². The molecule has 4 rings (SSSR count). The zero-order valence-electron chi connectivity index (χ0n) is 20.2. The number of aromatic nitrogens is 2. The number of halogens is 3. The molecular weight excluding hydrogens is 466 g/mol. The summed E-state index contributed by atoms with van der Waals surface area (Å²) in [5.41, 5.74) is 9.76. The van der Waals surface area contributed by atoms with Crippen LogP contribution in [0.3, 0.4) is 0 Å². The number of rotatable bonds is 5. The van der Waals surface area contributed by atoms with Gasteiger partial charge in [-0.15, -0.1) is 0 Å². The second-order valence-corrected chi connectivity index (χ2v) is 8.66. The second-order valence-electron chi connectivity index (χ2n) is 8.66. The van der Waals surface area contributed by atoms with Crippen LogP contribution in [0.4, 0.5) is 13.2 Å². The maximum atomic E-state index is 14.0. The first-order valence-electron chi connectivity index (χ1n) is 11.7. The fraction of sp³-hybridized carbons (Fsp3) is 0.308. The molecule has 3 aromatic rings. The lowest BCUT2D eigenvalue weighted by atomic mass is 9.85. The number of nitrogens with two attached hydrogens (primary N) is 1. The number of carbonyl (C=O) groups is 1. The molecule has 10 heteroatoms. The Balaban J connectivity index is 1.76. The van der Waals surface area contributed by atoms with E-state index in [9.17, 15) is 18.0 Å². The first kappa shape index (κ1) is 25.4. The van der Waals surface area contributed by atoms with E-state index in [1.807, 2.05) is 13.8 Å². The van der Waals surface area contributed by atoms with E-state index in [2.05, 4.69) is 15.0 Å². The fourth-order valence-electron chi connectivity index (χ4n) is 4.79. The van der Waals surface area contributed by atoms with Crippen LogP contribution in [0.2, 0.25) is 0 Å². The first-order valence-corrected chi connectivity index (χ1v) is 11.7. The lowest BCUT2D eigenvalue weighted by molar-refractivity contribution is 0.0570. The Hall–Kier alpha value is -3.69. The standard InChI is InChI=1S/C26H25BF3N5O/c1-4-15-11-16(25(32-3)14-8-17(28)23(30)18(29)9-14)24(31)21(5-2)35(15)26(36)13-6-7-19-20(10-13)33-12-22(27)34-19/h6-10,12,15,21H,4-5,11,31H2,1-3H3/t15-,21+/m0/s1. The topological polar surface area (TPSA) is 84.5 Å². The number of amides is 1. The van der Waals surface area contributed by atoms with Crippen LogP contribution in [0.5, 0.6) is 0 Å². The highest BCUT2D eigenvalue weighted by Crippen LogP contribution is 2.34. The van der Waals surface area contributed by atoms with Gasteiger partial charge in [0.15, 0.2) is 17.5 Å². The Bertz CT molecular complexity index is 1380. The van der Waals surface area contributed by atoms with Gasteiger partial charge >= 0.3 is 0 Å². The van der Waals surface area contributed by atoms with Gasteiger partial charge in [-0.1, -0.05) is 13.8 Å². The van der Waals surface area contributed by atoms with Gasteiger partial charge in [0.1, 0.15) is 7.85 Å². The third-order valence-corrected chi connectivity index (χ3v) is 6.54. The molecule has 1 amide bonds. The number of hydrogen-bond acceptors (Lipinski definition) is 5. The fourth-order valence-corrected chi connectivity index (χ4v) is 4.79. The number of nitrogens with zero attached hydrogens (tertiary/aromatic N) is 4. The van der Waals surface area contributed by atoms with Crippen molar-refractivity contribution in [2.45, 2.75) is 45.2 Å². The van der Waals surface area contributed by atoms with Crippen molar-refractivity contribution < 1.29 is 18.0 Å². The molecule has 2 N–H and O–H groups in total. The SMILES string of the molecule is [B]c1cnc2cc(C(=O)N3[C@@H](CC)CC(C(=NC)c4cc(F)c(F)c(F)c4)=C(N)[C@H]3CC)ccc2n1. The smallest absolute Gasteiger partial charge is 0.254 e. The largest absolute Gasteiger partial charge is 0.400 e. The molecule has 0 unspecified atom stereocenters. The molecule has 2 aromatic carbocycles. The summed E-state index contributed by atoms with van der Waals surface area (Å²) in [6, 6.07) is 6.11. The van der Waals surface area contributed by atoms with Gasteiger partial charge in [0.25, 0.3) is 5.91 Å². The van der Waals surface area contributed by atoms with Crippen LogP contribution in [0.1, 0.15) is 49.0 Å². The van der Waals surface area contributed by atoms with Crippen molar-refractivity contribution in [1.29, 1.82) is 0 Å². The monoisotopic (exact) mass is 491 g/mol. The average Bonchev–Trinajstić information content (AvgIpc) is 2.87. The van der Waals surface area contributed by atoms with Gasteiger partial charge in [-0.3, -0.25) is 19.8 Å². The summed E-state index contributed by atoms with van der Waals surface area (Å²) in [6.45, 7) is 3.85. The minimum absolute atomic E-state index is 0.0868. The zero-order chi connectivity index (χ0) is 26.1. The minimum Gasteiger partial charge on any atom is -0.400 e. The molecule has 2 heterocycles. The van der Waals surface area contributed by atoms with Crippen LogP contribution in [0.25, 0.3) is 11.0 Å². The van der Waals surface area contributed by atoms with Gasteiger partial charge in [0.2, 0.25) is 0 Å². The van der Waals surface area contributed by atoms with Crippen LogP contribution in [-0.2, 0) is 0 Å². The van der Waals surface area contributed by atoms with Crippen molar-refractivity contribution in [1.82, 2.24) is 14.9 Å². The molecule has 184 valence electrons. The molecule has 6 nitrogen and oxygen atoms in total. The molecular formula is C26H25BF3N5O. The lowest BCUT2D eigenvalue weighted by Gasteiger charge is -2.43. The van der Waals surface area contributed by atoms with E-state index in [1.54, 1.807) is 23.1 Å². The number of carbonyl (C=O) groups excluding carboxylic acids is 1. The summed E-state index contributed by atoms with van der Waals surface area (Å²) < 4.78 is 41.5. The van der Waals surface area contributed by atoms with Gasteiger partial charge in [-0.2, -0.15) is 0 Å². The highest BCUT2D eigenvalue weighted by atomic mass is 19.2. The minimum atomic E-state index is -1.54. The summed E-state index contributed by atoms with van der Waals surface area (Å²) >= 11 is 0. The molecule has 1 aliphatic heterocycles. The quantitative estimate of drug-likeness (QED) is 0.336. The van der Waals surface area contributed by atoms with Gasteiger partial charge in [0.05, 0.1) is 22.8 Å². The summed E-state index contributed by atoms with van der Waals surface area (Å²) in [6.07, 6.45) is 2.86. The first-order chi connectivity index (χ1) is 17.2. The normalized spacial score (nSPS) is 18.7. The van der Waals surface area contributed by atoms with E-state index in [-0.39, 0.29) is 28.8 Å². The van der Waals surface area contributed by atoms with E-state index in [0.29, 0.717) is 47.1 Å². The third kappa shape index (κ3) is 4.47. The molecule has 0 saturated heterocycles. The summed E-state index contributed by atoms with van der Waals surface area (Å²) in [5.74, 6) is -4.38. The molecule has 36 heavy (non-hydrogen) atoms. The number of aliphatic imine (C=N–C) groups is 1. The van der Waals surface area contributed by atoms with Crippen molar-refractivity contribution in [2.24, 2.45) is 10.7 Å². The zero-order valence-corrected chi connectivity index (χ0v) is 20.2. The maximum absolute atomic E-state index is 14.0. The summed E-state index contributed by atoms with van der Waals surface area (Å²) in [7, 11) is 7.19. The van der Waals surface area contributed by atoms with Crippen molar-refractivity contribution in [3.63, 3.8) is 0 Å². The number of benzene rings is 2. The van der Waals surface area contributed by atoms with E-state index in [4.69, 9.17) is 13.6 Å². The molecule has 2 radical (unpaired) electrons. The van der Waals surface area contributed by atoms with E-state index in [1.165, 1.54) is 13.2 Å². The maximum Gasteiger partial charge on any atom is 0.254 e. The predicted octanol–water partition coefficient (Wildman–Crippen LogP) is 3.58. The van der Waals surface area contributed by atoms with E-state index >= 15 is 0 Å². The van der Waals surface area contributed by atoms with Crippen LogP contribution >= 0.6 is 0 Å². The molecule has 1 aliphatic rings. The van der Waals surface area contributed by atoms with E-state index < -0.39 is 23.5 Å². The predicted molar refractivity (Wildman–Crippen MR) is 134 cm³/mol. The lowest BCUT2D eigenvalue weighted by Crippen LogP contribution is -2.53. The molecule has 0 aliphatic carbocycles. The van der Waals surface area contributed by atoms with Gasteiger partial charge in [0, 0.05) is 47.3 Å². The Kier molecular flexibility index (Phi) is 7.15. The van der Waals surface area contributed by atoms with Crippen molar-refractivity contribution in [3.05, 3.63) is 76.4 Å². The third-order valence-electron chi connectivity index (χ3n) is 6.54. The Morgan fingerprint density at radius 2 is 1.81 bits per heavy atom. The highest BCUT2D eigenvalue weighted by Gasteiger charge is 2.38. The van der Waals surface area contributed by atoms with Crippen LogP contribution in [-0.4, -0.2) is 53.5 Å². The highest BCUT2D eigenvalue weighted by molar-refractivity contribution is 6.30. The van der Waals surface area contributed by atoms with Gasteiger partial charge < -0.3 is 10.6 Å². The van der Waals surface area contributed by atoms with Crippen molar-refractivity contribution >= 4 is 36.1 Å². The van der Waals surface area contributed by atoms with Gasteiger partial charge in [-0.05, 0) is 49.6 Å². The molecule has 0 spiro atoms. The Morgan fingerprint density at radius 3 is 2.42 bits per heavy atom. The van der Waals surface area contributed by atoms with Gasteiger partial charge in [-0.25, -0.2) is 13.2 Å². The Morgan fingerprint density at radius 1 is 1.11 bits per heavy atom. The van der Waals surface area contributed by atoms with Crippen molar-refractivity contribution in [2.75, 3.05) is 7.05 Å². The summed E-state index contributed by atoms with van der Waals surface area (Å²) in [4.78, 5) is 28.2. The van der Waals surface area contributed by atoms with Crippen LogP contribution in [0, 0.1) is 17.5 Å². The molecule has 0 bridgehead atoms. The van der Waals surface area contributed by atoms with Crippen molar-refractivity contribution in [3.8, 4) is 0 Å². The number of fused-ring (bicyclic) bond motifs is 1. The Labute approximate surface area is 208 Å². The summed E-state index contributed by atoms with van der Waals surface area (Å²) in [5, 5.41) is 0.